The first kappa shape index (κ1) is 8.72. The van der Waals surface area contributed by atoms with Crippen LogP contribution in [0.4, 0.5) is 0 Å². The third-order valence-electron chi connectivity index (χ3n) is 0.552. The highest BCUT2D eigenvalue weighted by molar-refractivity contribution is 9.09. The maximum absolute atomic E-state index is 8.00. The van der Waals surface area contributed by atoms with Crippen LogP contribution in [0, 0.1) is 0 Å². The van der Waals surface area contributed by atoms with Crippen molar-refractivity contribution in [1.82, 2.24) is 0 Å². The molecule has 0 amide bonds. The van der Waals surface area contributed by atoms with Crippen molar-refractivity contribution >= 4 is 38.2 Å². The van der Waals surface area contributed by atoms with Crippen molar-refractivity contribution < 1.29 is 4.79 Å². The van der Waals surface area contributed by atoms with E-state index < -0.39 is 0 Å². The van der Waals surface area contributed by atoms with Gasteiger partial charge in [-0.15, -0.1) is 0 Å². The van der Waals surface area contributed by atoms with Crippen molar-refractivity contribution in [1.29, 1.82) is 0 Å². The first-order valence-corrected chi connectivity index (χ1v) is 6.02. The molecule has 0 unspecified atom stereocenters. The Morgan fingerprint density at radius 2 is 1.62 bits per heavy atom. The zero-order valence-electron chi connectivity index (χ0n) is 4.46. The molecule has 0 radical (unpaired) electrons. The van der Waals surface area contributed by atoms with Gasteiger partial charge in [-0.05, 0) is 16.2 Å². The zero-order chi connectivity index (χ0) is 6.24. The van der Waals surface area contributed by atoms with E-state index in [1.54, 1.807) is 0 Å². The third kappa shape index (κ3) is 4.87. The van der Waals surface area contributed by atoms with Crippen LogP contribution in [-0.2, 0) is 4.79 Å². The highest BCUT2D eigenvalue weighted by atomic mass is 33.5. The predicted molar refractivity (Wildman–Crippen MR) is 44.2 cm³/mol. The summed E-state index contributed by atoms with van der Waals surface area (Å²) in [4.78, 5) is 8.00. The molecule has 0 saturated carbocycles. The Hall–Kier alpha value is 0.720. The molecule has 1 fully saturated rings. The van der Waals surface area contributed by atoms with Gasteiger partial charge in [-0.1, -0.05) is 21.6 Å². The summed E-state index contributed by atoms with van der Waals surface area (Å²) in [6.45, 7) is 2.00. The average molecular weight is 168 g/mol. The minimum atomic E-state index is 1.36. The topological polar surface area (TPSA) is 17.1 Å². The molecule has 0 aliphatic carbocycles. The van der Waals surface area contributed by atoms with Crippen LogP contribution in [0.2, 0.25) is 0 Å². The van der Waals surface area contributed by atoms with E-state index in [0.29, 0.717) is 0 Å². The molecule has 0 aromatic carbocycles. The molecule has 4 heteroatoms. The van der Waals surface area contributed by atoms with Gasteiger partial charge in [-0.25, -0.2) is 0 Å². The van der Waals surface area contributed by atoms with Crippen LogP contribution in [0.3, 0.4) is 0 Å². The molecule has 1 nitrogen and oxygen atoms in total. The molecule has 0 atom stereocenters. The number of hydrogen-bond donors (Lipinski definition) is 0. The van der Waals surface area contributed by atoms with Gasteiger partial charge in [0.1, 0.15) is 6.79 Å². The van der Waals surface area contributed by atoms with E-state index in [0.717, 1.165) is 0 Å². The van der Waals surface area contributed by atoms with Crippen molar-refractivity contribution in [3.8, 4) is 0 Å². The van der Waals surface area contributed by atoms with Crippen LogP contribution in [0.25, 0.3) is 0 Å². The molecule has 0 aromatic rings. The number of carbonyl (C=O) groups is 1. The first-order chi connectivity index (χ1) is 4.00. The molecule has 0 N–H and O–H groups in total. The summed E-state index contributed by atoms with van der Waals surface area (Å²) in [6, 6.07) is 0. The molecule has 0 aromatic heterocycles. The standard InChI is InChI=1S/C3H6S3.CH2O/c1-2-4-6-5-3-1;1-2/h1-3H2;1H2. The van der Waals surface area contributed by atoms with Crippen LogP contribution in [0.5, 0.6) is 0 Å². The Morgan fingerprint density at radius 3 is 1.75 bits per heavy atom. The lowest BCUT2D eigenvalue weighted by atomic mass is 10.6. The maximum atomic E-state index is 8.00. The first-order valence-electron chi connectivity index (χ1n) is 2.20. The highest BCUT2D eigenvalue weighted by Crippen LogP contribution is 2.39. The fourth-order valence-electron chi connectivity index (χ4n) is 0.279. The second kappa shape index (κ2) is 7.72. The lowest BCUT2D eigenvalue weighted by Gasteiger charge is -2.04. The monoisotopic (exact) mass is 168 g/mol. The minimum Gasteiger partial charge on any atom is -0.307 e. The smallest absolute Gasteiger partial charge is 0.106 e. The van der Waals surface area contributed by atoms with Gasteiger partial charge in [-0.2, -0.15) is 0 Å². The molecule has 0 spiro atoms. The van der Waals surface area contributed by atoms with E-state index in [9.17, 15) is 0 Å². The Bertz CT molecular complexity index is 35.0. The van der Waals surface area contributed by atoms with Gasteiger partial charge < -0.3 is 4.79 Å². The van der Waals surface area contributed by atoms with E-state index in [1.165, 1.54) is 17.9 Å². The van der Waals surface area contributed by atoms with Crippen LogP contribution >= 0.6 is 31.4 Å². The molecule has 0 bridgehead atoms. The summed E-state index contributed by atoms with van der Waals surface area (Å²) in [5.74, 6) is 2.72. The van der Waals surface area contributed by atoms with Crippen molar-refractivity contribution in [2.24, 2.45) is 0 Å². The SMILES string of the molecule is C1CSSSC1.C=O. The predicted octanol–water partition coefficient (Wildman–Crippen LogP) is 2.23. The molecule has 48 valence electrons. The summed E-state index contributed by atoms with van der Waals surface area (Å²) in [7, 11) is 5.88. The maximum Gasteiger partial charge on any atom is 0.106 e. The van der Waals surface area contributed by atoms with Crippen molar-refractivity contribution in [2.75, 3.05) is 11.5 Å². The Morgan fingerprint density at radius 1 is 1.12 bits per heavy atom. The minimum absolute atomic E-state index is 1.36. The van der Waals surface area contributed by atoms with Crippen LogP contribution in [0.1, 0.15) is 6.42 Å². The highest BCUT2D eigenvalue weighted by Gasteiger charge is 1.97. The molecule has 1 saturated heterocycles. The van der Waals surface area contributed by atoms with Gasteiger partial charge in [-0.3, -0.25) is 0 Å². The van der Waals surface area contributed by atoms with Crippen LogP contribution in [-0.4, -0.2) is 18.3 Å². The summed E-state index contributed by atoms with van der Waals surface area (Å²) in [5, 5.41) is 0. The second-order valence-corrected chi connectivity index (χ2v) is 5.54. The molecule has 1 aliphatic heterocycles. The normalized spacial score (nSPS) is 18.5. The van der Waals surface area contributed by atoms with Crippen LogP contribution in [0.15, 0.2) is 0 Å². The van der Waals surface area contributed by atoms with Crippen molar-refractivity contribution in [3.63, 3.8) is 0 Å². The van der Waals surface area contributed by atoms with Crippen molar-refractivity contribution in [2.45, 2.75) is 6.42 Å². The third-order valence-corrected chi connectivity index (χ3v) is 4.96. The van der Waals surface area contributed by atoms with Crippen molar-refractivity contribution in [3.05, 3.63) is 0 Å². The Balaban J connectivity index is 0.000000222. The molecule has 8 heavy (non-hydrogen) atoms. The van der Waals surface area contributed by atoms with E-state index in [4.69, 9.17) is 4.79 Å². The second-order valence-electron chi connectivity index (χ2n) is 1.07. The lowest BCUT2D eigenvalue weighted by molar-refractivity contribution is -0.0979. The van der Waals surface area contributed by atoms with E-state index >= 15 is 0 Å². The molecular weight excluding hydrogens is 160 g/mol. The van der Waals surface area contributed by atoms with Gasteiger partial charge in [0, 0.05) is 11.5 Å². The van der Waals surface area contributed by atoms with Gasteiger partial charge in [0.15, 0.2) is 0 Å². The summed E-state index contributed by atoms with van der Waals surface area (Å²) in [5.41, 5.74) is 0. The number of carbonyl (C=O) groups excluding carboxylic acids is 1. The Kier molecular flexibility index (Phi) is 8.41. The van der Waals surface area contributed by atoms with Gasteiger partial charge >= 0.3 is 0 Å². The fraction of sp³-hybridized carbons (Fsp3) is 0.750. The molecule has 1 heterocycles. The zero-order valence-corrected chi connectivity index (χ0v) is 6.91. The number of rotatable bonds is 0. The molecular formula is C4H8OS3. The van der Waals surface area contributed by atoms with Gasteiger partial charge in [0.05, 0.1) is 0 Å². The largest absolute Gasteiger partial charge is 0.307 e. The van der Waals surface area contributed by atoms with E-state index in [1.807, 2.05) is 38.2 Å². The van der Waals surface area contributed by atoms with Crippen LogP contribution < -0.4 is 0 Å². The Labute approximate surface area is 61.2 Å². The quantitative estimate of drug-likeness (QED) is 0.516. The molecule has 1 aliphatic rings. The van der Waals surface area contributed by atoms with Gasteiger partial charge in [0.2, 0.25) is 0 Å². The summed E-state index contributed by atoms with van der Waals surface area (Å²) >= 11 is 0. The summed E-state index contributed by atoms with van der Waals surface area (Å²) < 4.78 is 0. The van der Waals surface area contributed by atoms with Gasteiger partial charge in [0.25, 0.3) is 0 Å². The van der Waals surface area contributed by atoms with E-state index in [2.05, 4.69) is 0 Å². The average Bonchev–Trinajstić information content (AvgIpc) is 1.96. The lowest BCUT2D eigenvalue weighted by Crippen LogP contribution is -1.82. The fourth-order valence-corrected chi connectivity index (χ4v) is 4.35. The van der Waals surface area contributed by atoms with E-state index in [-0.39, 0.29) is 0 Å². The number of hydrogen-bond acceptors (Lipinski definition) is 4. The summed E-state index contributed by atoms with van der Waals surface area (Å²) in [6.07, 6.45) is 1.41. The molecule has 1 rings (SSSR count).